The number of aryl methyl sites for hydroxylation is 1. The molecule has 27 heavy (non-hydrogen) atoms. The largest absolute Gasteiger partial charge is 0.342 e. The van der Waals surface area contributed by atoms with Gasteiger partial charge in [0.2, 0.25) is 0 Å². The lowest BCUT2D eigenvalue weighted by Crippen LogP contribution is -1.88. The van der Waals surface area contributed by atoms with Gasteiger partial charge in [-0.3, -0.25) is 4.98 Å². The van der Waals surface area contributed by atoms with Crippen LogP contribution in [0.15, 0.2) is 79.0 Å². The normalized spacial score (nSPS) is 11.9. The van der Waals surface area contributed by atoms with E-state index in [9.17, 15) is 0 Å². The maximum absolute atomic E-state index is 4.79. The van der Waals surface area contributed by atoms with Gasteiger partial charge in [-0.15, -0.1) is 11.3 Å². The number of hydrogen-bond acceptors (Lipinski definition) is 2. The van der Waals surface area contributed by atoms with Crippen LogP contribution in [0.3, 0.4) is 0 Å². The standard InChI is InChI=1S/C24H16N2S/c1-26-21-11-16-7-3-2-6-15(16)10-18(21)19-13-20(25-14-22(19)26)24-12-17-8-4-5-9-23(17)27-24/h2-14H,1H3. The molecule has 6 rings (SSSR count). The lowest BCUT2D eigenvalue weighted by atomic mass is 10.1. The Kier molecular flexibility index (Phi) is 3.00. The Hall–Kier alpha value is -3.17. The average molecular weight is 364 g/mol. The molecule has 0 saturated carbocycles. The molecule has 128 valence electrons. The number of rotatable bonds is 1. The summed E-state index contributed by atoms with van der Waals surface area (Å²) in [7, 11) is 2.13. The quantitative estimate of drug-likeness (QED) is 0.315. The molecular formula is C24H16N2S. The van der Waals surface area contributed by atoms with Crippen LogP contribution in [0.2, 0.25) is 0 Å². The van der Waals surface area contributed by atoms with Crippen LogP contribution >= 0.6 is 11.3 Å². The van der Waals surface area contributed by atoms with E-state index in [1.54, 1.807) is 11.3 Å². The number of fused-ring (bicyclic) bond motifs is 5. The number of benzene rings is 3. The topological polar surface area (TPSA) is 17.8 Å². The van der Waals surface area contributed by atoms with E-state index in [0.29, 0.717) is 0 Å². The predicted molar refractivity (Wildman–Crippen MR) is 117 cm³/mol. The summed E-state index contributed by atoms with van der Waals surface area (Å²) in [4.78, 5) is 6.01. The van der Waals surface area contributed by atoms with Crippen molar-refractivity contribution < 1.29 is 0 Å². The van der Waals surface area contributed by atoms with E-state index in [0.717, 1.165) is 5.69 Å². The molecule has 0 spiro atoms. The van der Waals surface area contributed by atoms with Gasteiger partial charge in [-0.2, -0.15) is 0 Å². The van der Waals surface area contributed by atoms with Gasteiger partial charge in [0.05, 0.1) is 22.3 Å². The summed E-state index contributed by atoms with van der Waals surface area (Å²) in [6.45, 7) is 0. The molecule has 3 heterocycles. The zero-order valence-electron chi connectivity index (χ0n) is 14.8. The molecule has 0 atom stereocenters. The van der Waals surface area contributed by atoms with Crippen molar-refractivity contribution in [2.24, 2.45) is 7.05 Å². The number of thiophene rings is 1. The van der Waals surface area contributed by atoms with Crippen molar-refractivity contribution in [3.8, 4) is 10.6 Å². The van der Waals surface area contributed by atoms with Gasteiger partial charge in [0.15, 0.2) is 0 Å². The lowest BCUT2D eigenvalue weighted by molar-refractivity contribution is 1.01. The van der Waals surface area contributed by atoms with Gasteiger partial charge in [-0.25, -0.2) is 0 Å². The summed E-state index contributed by atoms with van der Waals surface area (Å²) < 4.78 is 3.55. The van der Waals surface area contributed by atoms with Crippen molar-refractivity contribution in [2.45, 2.75) is 0 Å². The van der Waals surface area contributed by atoms with Gasteiger partial charge in [0.25, 0.3) is 0 Å². The van der Waals surface area contributed by atoms with E-state index in [4.69, 9.17) is 4.98 Å². The SMILES string of the molecule is Cn1c2cnc(-c3cc4ccccc4s3)cc2c2cc3ccccc3cc21. The van der Waals surface area contributed by atoms with E-state index in [1.165, 1.54) is 47.5 Å². The smallest absolute Gasteiger partial charge is 0.0809 e. The second kappa shape index (κ2) is 5.41. The van der Waals surface area contributed by atoms with Crippen molar-refractivity contribution in [3.63, 3.8) is 0 Å². The molecule has 3 aromatic carbocycles. The summed E-state index contributed by atoms with van der Waals surface area (Å²) in [5.74, 6) is 0. The van der Waals surface area contributed by atoms with Gasteiger partial charge >= 0.3 is 0 Å². The highest BCUT2D eigenvalue weighted by Crippen LogP contribution is 2.36. The molecule has 6 aromatic rings. The number of hydrogen-bond donors (Lipinski definition) is 0. The molecule has 3 heteroatoms. The third kappa shape index (κ3) is 2.15. The van der Waals surface area contributed by atoms with Crippen LogP contribution in [0.4, 0.5) is 0 Å². The minimum absolute atomic E-state index is 1.05. The van der Waals surface area contributed by atoms with E-state index in [1.807, 2.05) is 6.20 Å². The van der Waals surface area contributed by atoms with Gasteiger partial charge < -0.3 is 4.57 Å². The van der Waals surface area contributed by atoms with Crippen LogP contribution in [0.1, 0.15) is 0 Å². The maximum Gasteiger partial charge on any atom is 0.0809 e. The lowest BCUT2D eigenvalue weighted by Gasteiger charge is -2.00. The molecule has 0 amide bonds. The minimum atomic E-state index is 1.05. The van der Waals surface area contributed by atoms with E-state index in [2.05, 4.69) is 84.4 Å². The fraction of sp³-hybridized carbons (Fsp3) is 0.0417. The summed E-state index contributed by atoms with van der Waals surface area (Å²) >= 11 is 1.80. The Morgan fingerprint density at radius 1 is 0.741 bits per heavy atom. The highest BCUT2D eigenvalue weighted by Gasteiger charge is 2.13. The minimum Gasteiger partial charge on any atom is -0.342 e. The molecule has 0 aliphatic carbocycles. The van der Waals surface area contributed by atoms with Crippen LogP contribution in [-0.2, 0) is 7.05 Å². The zero-order valence-corrected chi connectivity index (χ0v) is 15.6. The summed E-state index contributed by atoms with van der Waals surface area (Å²) in [6, 6.07) is 26.2. The van der Waals surface area contributed by atoms with Gasteiger partial charge in [0, 0.05) is 28.0 Å². The monoisotopic (exact) mass is 364 g/mol. The molecule has 0 radical (unpaired) electrons. The third-order valence-electron chi connectivity index (χ3n) is 5.44. The first-order valence-corrected chi connectivity index (χ1v) is 9.85. The van der Waals surface area contributed by atoms with Gasteiger partial charge in [-0.05, 0) is 46.5 Å². The van der Waals surface area contributed by atoms with Crippen LogP contribution in [0, 0.1) is 0 Å². The molecule has 0 fully saturated rings. The third-order valence-corrected chi connectivity index (χ3v) is 6.58. The first-order chi connectivity index (χ1) is 13.3. The number of pyridine rings is 1. The van der Waals surface area contributed by atoms with Crippen molar-refractivity contribution in [3.05, 3.63) is 79.0 Å². The molecule has 0 bridgehead atoms. The van der Waals surface area contributed by atoms with Crippen LogP contribution in [0.25, 0.3) is 53.2 Å². The Labute approximate surface area is 160 Å². The van der Waals surface area contributed by atoms with Gasteiger partial charge in [0.1, 0.15) is 0 Å². The first-order valence-electron chi connectivity index (χ1n) is 9.04. The number of nitrogens with zero attached hydrogens (tertiary/aromatic N) is 2. The molecule has 0 unspecified atom stereocenters. The molecule has 0 N–H and O–H groups in total. The maximum atomic E-state index is 4.79. The Bertz CT molecular complexity index is 1450. The highest BCUT2D eigenvalue weighted by molar-refractivity contribution is 7.22. The first kappa shape index (κ1) is 14.9. The van der Waals surface area contributed by atoms with Gasteiger partial charge in [-0.1, -0.05) is 42.5 Å². The predicted octanol–water partition coefficient (Wildman–Crippen LogP) is 6.76. The fourth-order valence-electron chi connectivity index (χ4n) is 4.03. The van der Waals surface area contributed by atoms with Crippen LogP contribution in [-0.4, -0.2) is 9.55 Å². The second-order valence-corrected chi connectivity index (χ2v) is 8.09. The fourth-order valence-corrected chi connectivity index (χ4v) is 5.06. The Morgan fingerprint density at radius 2 is 1.44 bits per heavy atom. The average Bonchev–Trinajstić information content (AvgIpc) is 3.26. The highest BCUT2D eigenvalue weighted by atomic mass is 32.1. The van der Waals surface area contributed by atoms with Crippen molar-refractivity contribution >= 4 is 54.0 Å². The Morgan fingerprint density at radius 3 is 2.26 bits per heavy atom. The molecule has 0 aliphatic rings. The molecule has 0 aliphatic heterocycles. The van der Waals surface area contributed by atoms with E-state index >= 15 is 0 Å². The van der Waals surface area contributed by atoms with E-state index < -0.39 is 0 Å². The van der Waals surface area contributed by atoms with Crippen molar-refractivity contribution in [1.29, 1.82) is 0 Å². The summed E-state index contributed by atoms with van der Waals surface area (Å²) in [5, 5.41) is 6.38. The zero-order chi connectivity index (χ0) is 18.0. The summed E-state index contributed by atoms with van der Waals surface area (Å²) in [6.07, 6.45) is 2.01. The summed E-state index contributed by atoms with van der Waals surface area (Å²) in [5.41, 5.74) is 3.47. The van der Waals surface area contributed by atoms with Crippen LogP contribution < -0.4 is 0 Å². The molecular weight excluding hydrogens is 348 g/mol. The second-order valence-electron chi connectivity index (χ2n) is 7.01. The van der Waals surface area contributed by atoms with Crippen LogP contribution in [0.5, 0.6) is 0 Å². The molecule has 2 nitrogen and oxygen atoms in total. The Balaban J connectivity index is 1.66. The number of aromatic nitrogens is 2. The van der Waals surface area contributed by atoms with Crippen molar-refractivity contribution in [2.75, 3.05) is 0 Å². The molecule has 0 saturated heterocycles. The molecule has 3 aromatic heterocycles. The van der Waals surface area contributed by atoms with E-state index in [-0.39, 0.29) is 0 Å². The van der Waals surface area contributed by atoms with Crippen molar-refractivity contribution in [1.82, 2.24) is 9.55 Å².